The van der Waals surface area contributed by atoms with Gasteiger partial charge in [0, 0.05) is 23.6 Å². The Kier molecular flexibility index (Phi) is 2.92. The lowest BCUT2D eigenvalue weighted by Crippen LogP contribution is -2.00. The van der Waals surface area contributed by atoms with Gasteiger partial charge in [0.2, 0.25) is 0 Å². The van der Waals surface area contributed by atoms with Crippen LogP contribution in [-0.4, -0.2) is 15.6 Å². The maximum Gasteiger partial charge on any atom is 0.335 e. The van der Waals surface area contributed by atoms with E-state index in [9.17, 15) is 4.79 Å². The molecule has 0 radical (unpaired) electrons. The van der Waals surface area contributed by atoms with Crippen LogP contribution in [0.25, 0.3) is 10.9 Å². The molecule has 3 nitrogen and oxygen atoms in total. The smallest absolute Gasteiger partial charge is 0.335 e. The third-order valence-corrected chi connectivity index (χ3v) is 3.12. The van der Waals surface area contributed by atoms with Crippen LogP contribution in [-0.2, 0) is 6.54 Å². The zero-order chi connectivity index (χ0) is 12.6. The van der Waals surface area contributed by atoms with E-state index in [1.807, 2.05) is 19.9 Å². The third kappa shape index (κ3) is 1.93. The van der Waals surface area contributed by atoms with Crippen molar-refractivity contribution in [2.45, 2.75) is 33.7 Å². The number of hydrogen-bond donors (Lipinski definition) is 1. The number of carboxylic acid groups (broad SMARTS) is 1. The molecule has 1 aromatic heterocycles. The van der Waals surface area contributed by atoms with Crippen LogP contribution < -0.4 is 0 Å². The highest BCUT2D eigenvalue weighted by Crippen LogP contribution is 2.25. The van der Waals surface area contributed by atoms with Crippen molar-refractivity contribution in [1.82, 2.24) is 4.57 Å². The maximum atomic E-state index is 11.1. The molecule has 0 unspecified atom stereocenters. The van der Waals surface area contributed by atoms with E-state index in [1.54, 1.807) is 6.07 Å². The first kappa shape index (κ1) is 11.7. The minimum Gasteiger partial charge on any atom is -0.478 e. The molecule has 0 bridgehead atoms. The molecule has 0 aliphatic heterocycles. The van der Waals surface area contributed by atoms with Crippen LogP contribution in [0.1, 0.15) is 34.8 Å². The molecule has 2 aromatic rings. The first-order chi connectivity index (χ1) is 8.04. The molecule has 0 atom stereocenters. The van der Waals surface area contributed by atoms with Crippen LogP contribution in [0.3, 0.4) is 0 Å². The lowest BCUT2D eigenvalue weighted by Gasteiger charge is -2.05. The van der Waals surface area contributed by atoms with Gasteiger partial charge in [-0.2, -0.15) is 0 Å². The van der Waals surface area contributed by atoms with E-state index >= 15 is 0 Å². The third-order valence-electron chi connectivity index (χ3n) is 3.12. The molecule has 0 aliphatic carbocycles. The van der Waals surface area contributed by atoms with Gasteiger partial charge < -0.3 is 9.67 Å². The number of aromatic carboxylic acids is 1. The number of carboxylic acids is 1. The number of carbonyl (C=O) groups is 1. The van der Waals surface area contributed by atoms with Gasteiger partial charge in [0.1, 0.15) is 0 Å². The molecule has 90 valence electrons. The van der Waals surface area contributed by atoms with Crippen LogP contribution >= 0.6 is 0 Å². The van der Waals surface area contributed by atoms with E-state index in [1.165, 1.54) is 0 Å². The number of aryl methyl sites for hydroxylation is 3. The fourth-order valence-corrected chi connectivity index (χ4v) is 2.28. The number of fused-ring (bicyclic) bond motifs is 1. The summed E-state index contributed by atoms with van der Waals surface area (Å²) in [5.41, 5.74) is 3.48. The molecule has 0 aliphatic rings. The Hall–Kier alpha value is -1.77. The van der Waals surface area contributed by atoms with Gasteiger partial charge in [0.15, 0.2) is 0 Å². The van der Waals surface area contributed by atoms with Crippen molar-refractivity contribution in [2.75, 3.05) is 0 Å². The van der Waals surface area contributed by atoms with E-state index < -0.39 is 5.97 Å². The van der Waals surface area contributed by atoms with Gasteiger partial charge in [-0.1, -0.05) is 6.92 Å². The molecule has 1 aromatic carbocycles. The summed E-state index contributed by atoms with van der Waals surface area (Å²) in [6.45, 7) is 6.98. The van der Waals surface area contributed by atoms with Crippen molar-refractivity contribution < 1.29 is 9.90 Å². The first-order valence-electron chi connectivity index (χ1n) is 5.88. The molecule has 2 rings (SSSR count). The summed E-state index contributed by atoms with van der Waals surface area (Å²) in [4.78, 5) is 11.1. The Morgan fingerprint density at radius 3 is 2.59 bits per heavy atom. The number of rotatable bonds is 3. The van der Waals surface area contributed by atoms with Crippen molar-refractivity contribution in [3.63, 3.8) is 0 Å². The molecule has 1 N–H and O–H groups in total. The molecule has 1 heterocycles. The van der Waals surface area contributed by atoms with Crippen molar-refractivity contribution in [1.29, 1.82) is 0 Å². The fourth-order valence-electron chi connectivity index (χ4n) is 2.28. The van der Waals surface area contributed by atoms with E-state index in [2.05, 4.69) is 17.7 Å². The number of benzene rings is 1. The molecule has 3 heteroatoms. The van der Waals surface area contributed by atoms with Crippen LogP contribution in [0.2, 0.25) is 0 Å². The largest absolute Gasteiger partial charge is 0.478 e. The number of hydrogen-bond acceptors (Lipinski definition) is 1. The molecule has 0 saturated carbocycles. The lowest BCUT2D eigenvalue weighted by molar-refractivity contribution is 0.0696. The van der Waals surface area contributed by atoms with Crippen LogP contribution in [0.4, 0.5) is 0 Å². The summed E-state index contributed by atoms with van der Waals surface area (Å²) in [6.07, 6.45) is 3.17. The Morgan fingerprint density at radius 2 is 2.00 bits per heavy atom. The highest BCUT2D eigenvalue weighted by molar-refractivity contribution is 5.96. The summed E-state index contributed by atoms with van der Waals surface area (Å²) in [5, 5.41) is 10.2. The second kappa shape index (κ2) is 4.24. The summed E-state index contributed by atoms with van der Waals surface area (Å²) in [5.74, 6) is -0.855. The summed E-state index contributed by atoms with van der Waals surface area (Å²) >= 11 is 0. The quantitative estimate of drug-likeness (QED) is 0.880. The van der Waals surface area contributed by atoms with Crippen molar-refractivity contribution in [3.8, 4) is 0 Å². The van der Waals surface area contributed by atoms with Gasteiger partial charge in [-0.25, -0.2) is 4.79 Å². The highest BCUT2D eigenvalue weighted by Gasteiger charge is 2.12. The highest BCUT2D eigenvalue weighted by atomic mass is 16.4. The molecule has 0 amide bonds. The van der Waals surface area contributed by atoms with Crippen LogP contribution in [0, 0.1) is 13.8 Å². The van der Waals surface area contributed by atoms with Crippen molar-refractivity contribution in [2.24, 2.45) is 0 Å². The predicted molar refractivity (Wildman–Crippen MR) is 68.7 cm³/mol. The Balaban J connectivity index is 2.71. The monoisotopic (exact) mass is 231 g/mol. The van der Waals surface area contributed by atoms with E-state index in [0.717, 1.165) is 35.0 Å². The van der Waals surface area contributed by atoms with E-state index in [-0.39, 0.29) is 0 Å². The molecule has 0 fully saturated rings. The van der Waals surface area contributed by atoms with Gasteiger partial charge in [0.25, 0.3) is 0 Å². The zero-order valence-electron chi connectivity index (χ0n) is 10.4. The topological polar surface area (TPSA) is 42.2 Å². The minimum absolute atomic E-state index is 0.398. The van der Waals surface area contributed by atoms with Crippen LogP contribution in [0.15, 0.2) is 18.3 Å². The van der Waals surface area contributed by atoms with Gasteiger partial charge >= 0.3 is 5.97 Å². The SMILES string of the molecule is CCCn1cc(C)c2cc(C(=O)O)c(C)cc21. The summed E-state index contributed by atoms with van der Waals surface area (Å²) < 4.78 is 2.20. The average Bonchev–Trinajstić information content (AvgIpc) is 2.55. The fraction of sp³-hybridized carbons (Fsp3) is 0.357. The Labute approximate surface area is 101 Å². The van der Waals surface area contributed by atoms with Gasteiger partial charge in [0.05, 0.1) is 5.56 Å². The predicted octanol–water partition coefficient (Wildman–Crippen LogP) is 3.37. The Morgan fingerprint density at radius 1 is 1.29 bits per heavy atom. The van der Waals surface area contributed by atoms with E-state index in [0.29, 0.717) is 5.56 Å². The van der Waals surface area contributed by atoms with Gasteiger partial charge in [-0.15, -0.1) is 0 Å². The minimum atomic E-state index is -0.855. The van der Waals surface area contributed by atoms with Gasteiger partial charge in [-0.05, 0) is 43.5 Å². The zero-order valence-corrected chi connectivity index (χ0v) is 10.4. The molecule has 0 spiro atoms. The Bertz CT molecular complexity index is 581. The second-order valence-corrected chi connectivity index (χ2v) is 4.49. The molecular weight excluding hydrogens is 214 g/mol. The first-order valence-corrected chi connectivity index (χ1v) is 5.88. The molecular formula is C14H17NO2. The van der Waals surface area contributed by atoms with Gasteiger partial charge in [-0.3, -0.25) is 0 Å². The summed E-state index contributed by atoms with van der Waals surface area (Å²) in [7, 11) is 0. The summed E-state index contributed by atoms with van der Waals surface area (Å²) in [6, 6.07) is 3.76. The maximum absolute atomic E-state index is 11.1. The average molecular weight is 231 g/mol. The second-order valence-electron chi connectivity index (χ2n) is 4.49. The van der Waals surface area contributed by atoms with Crippen LogP contribution in [0.5, 0.6) is 0 Å². The number of nitrogens with zero attached hydrogens (tertiary/aromatic N) is 1. The molecule has 0 saturated heterocycles. The van der Waals surface area contributed by atoms with Crippen molar-refractivity contribution >= 4 is 16.9 Å². The van der Waals surface area contributed by atoms with Crippen molar-refractivity contribution in [3.05, 3.63) is 35.0 Å². The number of aromatic nitrogens is 1. The van der Waals surface area contributed by atoms with E-state index in [4.69, 9.17) is 5.11 Å². The standard InChI is InChI=1S/C14H17NO2/c1-4-5-15-8-10(3)11-7-12(14(16)17)9(2)6-13(11)15/h6-8H,4-5H2,1-3H3,(H,16,17). The lowest BCUT2D eigenvalue weighted by atomic mass is 10.0. The normalized spacial score (nSPS) is 11.0. The molecule has 17 heavy (non-hydrogen) atoms.